The lowest BCUT2D eigenvalue weighted by molar-refractivity contribution is 0.559. The van der Waals surface area contributed by atoms with E-state index in [4.69, 9.17) is 0 Å². The van der Waals surface area contributed by atoms with Gasteiger partial charge >= 0.3 is 0 Å². The molecule has 1 aromatic rings. The molecule has 0 saturated heterocycles. The highest BCUT2D eigenvalue weighted by Crippen LogP contribution is 2.01. The van der Waals surface area contributed by atoms with Gasteiger partial charge in [-0.25, -0.2) is 13.1 Å². The van der Waals surface area contributed by atoms with Crippen LogP contribution in [0.5, 0.6) is 0 Å². The predicted molar refractivity (Wildman–Crippen MR) is 72.7 cm³/mol. The molecule has 0 aromatic carbocycles. The molecule has 5 nitrogen and oxygen atoms in total. The molecule has 1 atom stereocenters. The summed E-state index contributed by atoms with van der Waals surface area (Å²) in [6, 6.07) is 5.56. The van der Waals surface area contributed by atoms with Crippen molar-refractivity contribution >= 4 is 10.0 Å². The van der Waals surface area contributed by atoms with E-state index in [1.807, 2.05) is 32.0 Å². The minimum atomic E-state index is -3.30. The molecule has 0 spiro atoms. The summed E-state index contributed by atoms with van der Waals surface area (Å²) in [5, 5.41) is 2.57. The first-order valence-electron chi connectivity index (χ1n) is 6.07. The fourth-order valence-corrected chi connectivity index (χ4v) is 2.44. The van der Waals surface area contributed by atoms with Crippen molar-refractivity contribution in [1.82, 2.24) is 15.0 Å². The summed E-state index contributed by atoms with van der Waals surface area (Å²) in [7, 11) is -3.30. The number of rotatable bonds is 7. The monoisotopic (exact) mass is 271 g/mol. The second-order valence-electron chi connectivity index (χ2n) is 4.25. The quantitative estimate of drug-likeness (QED) is 0.770. The third kappa shape index (κ3) is 4.72. The minimum absolute atomic E-state index is 0.237. The van der Waals surface area contributed by atoms with Crippen molar-refractivity contribution in [1.29, 1.82) is 0 Å². The summed E-state index contributed by atoms with van der Waals surface area (Å²) in [4.78, 5) is 4.26. The Morgan fingerprint density at radius 3 is 2.72 bits per heavy atom. The number of aromatic nitrogens is 1. The Balaban J connectivity index is 2.56. The van der Waals surface area contributed by atoms with Gasteiger partial charge in [0.2, 0.25) is 10.0 Å². The van der Waals surface area contributed by atoms with E-state index in [1.54, 1.807) is 6.92 Å². The Kier molecular flexibility index (Phi) is 5.71. The Labute approximate surface area is 109 Å². The number of aryl methyl sites for hydroxylation is 1. The summed E-state index contributed by atoms with van der Waals surface area (Å²) >= 11 is 0. The van der Waals surface area contributed by atoms with Crippen molar-refractivity contribution in [2.45, 2.75) is 32.6 Å². The fraction of sp³-hybridized carbons (Fsp3) is 0.583. The van der Waals surface area contributed by atoms with Crippen LogP contribution in [0.3, 0.4) is 0 Å². The van der Waals surface area contributed by atoms with Crippen LogP contribution in [-0.2, 0) is 16.6 Å². The van der Waals surface area contributed by atoms with Crippen LogP contribution in [0.4, 0.5) is 0 Å². The van der Waals surface area contributed by atoms with Crippen LogP contribution >= 0.6 is 0 Å². The van der Waals surface area contributed by atoms with Gasteiger partial charge in [0.25, 0.3) is 0 Å². The standard InChI is InChI=1S/C12H21N3O2S/c1-4-13-8-11(3)18(16,17)14-9-12-7-5-6-10(2)15-12/h5-7,11,13-14H,4,8-9H2,1-3H3. The molecule has 1 rings (SSSR count). The molecule has 6 heteroatoms. The van der Waals surface area contributed by atoms with Crippen molar-refractivity contribution in [2.24, 2.45) is 0 Å². The molecule has 1 heterocycles. The SMILES string of the molecule is CCNCC(C)S(=O)(=O)NCc1cccc(C)n1. The first-order chi connectivity index (χ1) is 8.45. The van der Waals surface area contributed by atoms with E-state index in [-0.39, 0.29) is 6.54 Å². The highest BCUT2D eigenvalue weighted by Gasteiger charge is 2.19. The fourth-order valence-electron chi connectivity index (χ4n) is 1.47. The van der Waals surface area contributed by atoms with Gasteiger partial charge in [0, 0.05) is 12.2 Å². The molecule has 0 radical (unpaired) electrons. The van der Waals surface area contributed by atoms with Crippen molar-refractivity contribution in [2.75, 3.05) is 13.1 Å². The number of nitrogens with one attached hydrogen (secondary N) is 2. The van der Waals surface area contributed by atoms with E-state index < -0.39 is 15.3 Å². The van der Waals surface area contributed by atoms with Gasteiger partial charge < -0.3 is 5.32 Å². The number of hydrogen-bond acceptors (Lipinski definition) is 4. The first kappa shape index (κ1) is 15.1. The average Bonchev–Trinajstić information content (AvgIpc) is 2.33. The first-order valence-corrected chi connectivity index (χ1v) is 7.62. The van der Waals surface area contributed by atoms with Crippen LogP contribution in [0.1, 0.15) is 25.2 Å². The van der Waals surface area contributed by atoms with Gasteiger partial charge in [-0.1, -0.05) is 13.0 Å². The van der Waals surface area contributed by atoms with Gasteiger partial charge in [0.15, 0.2) is 0 Å². The maximum Gasteiger partial charge on any atom is 0.215 e. The summed E-state index contributed by atoms with van der Waals surface area (Å²) < 4.78 is 26.4. The zero-order chi connectivity index (χ0) is 13.6. The average molecular weight is 271 g/mol. The Hall–Kier alpha value is -0.980. The van der Waals surface area contributed by atoms with Crippen molar-refractivity contribution in [3.05, 3.63) is 29.6 Å². The Morgan fingerprint density at radius 2 is 2.11 bits per heavy atom. The second-order valence-corrected chi connectivity index (χ2v) is 6.44. The lowest BCUT2D eigenvalue weighted by Gasteiger charge is -2.14. The van der Waals surface area contributed by atoms with E-state index in [0.29, 0.717) is 6.54 Å². The Bertz CT molecular complexity index is 474. The van der Waals surface area contributed by atoms with Crippen LogP contribution < -0.4 is 10.0 Å². The third-order valence-corrected chi connectivity index (χ3v) is 4.38. The van der Waals surface area contributed by atoms with Crippen LogP contribution in [0, 0.1) is 6.92 Å². The smallest absolute Gasteiger partial charge is 0.215 e. The molecule has 102 valence electrons. The molecule has 2 N–H and O–H groups in total. The van der Waals surface area contributed by atoms with Gasteiger partial charge in [-0.2, -0.15) is 0 Å². The lowest BCUT2D eigenvalue weighted by atomic mass is 10.3. The molecule has 0 bridgehead atoms. The van der Waals surface area contributed by atoms with E-state index in [2.05, 4.69) is 15.0 Å². The maximum atomic E-state index is 11.9. The van der Waals surface area contributed by atoms with Crippen LogP contribution in [0.25, 0.3) is 0 Å². The van der Waals surface area contributed by atoms with Gasteiger partial charge in [-0.3, -0.25) is 4.98 Å². The van der Waals surface area contributed by atoms with Gasteiger partial charge in [-0.15, -0.1) is 0 Å². The molecule has 0 aliphatic rings. The molecule has 0 amide bonds. The van der Waals surface area contributed by atoms with Crippen LogP contribution in [0.15, 0.2) is 18.2 Å². The van der Waals surface area contributed by atoms with E-state index in [9.17, 15) is 8.42 Å². The molecule has 0 fully saturated rings. The predicted octanol–water partition coefficient (Wildman–Crippen LogP) is 0.807. The number of nitrogens with zero attached hydrogens (tertiary/aromatic N) is 1. The second kappa shape index (κ2) is 6.82. The van der Waals surface area contributed by atoms with Crippen LogP contribution in [0.2, 0.25) is 0 Å². The zero-order valence-corrected chi connectivity index (χ0v) is 11.9. The van der Waals surface area contributed by atoms with E-state index >= 15 is 0 Å². The topological polar surface area (TPSA) is 71.1 Å². The van der Waals surface area contributed by atoms with E-state index in [0.717, 1.165) is 17.9 Å². The van der Waals surface area contributed by atoms with Crippen molar-refractivity contribution < 1.29 is 8.42 Å². The summed E-state index contributed by atoms with van der Waals surface area (Å²) in [5.74, 6) is 0. The third-order valence-electron chi connectivity index (χ3n) is 2.61. The molecular formula is C12H21N3O2S. The number of sulfonamides is 1. The number of pyridine rings is 1. The molecule has 1 aromatic heterocycles. The minimum Gasteiger partial charge on any atom is -0.316 e. The van der Waals surface area contributed by atoms with E-state index in [1.165, 1.54) is 0 Å². The highest BCUT2D eigenvalue weighted by atomic mass is 32.2. The summed E-state index contributed by atoms with van der Waals surface area (Å²) in [6.45, 7) is 6.97. The molecule has 1 unspecified atom stereocenters. The summed E-state index contributed by atoms with van der Waals surface area (Å²) in [6.07, 6.45) is 0. The largest absolute Gasteiger partial charge is 0.316 e. The summed E-state index contributed by atoms with van der Waals surface area (Å²) in [5.41, 5.74) is 1.61. The number of hydrogen-bond donors (Lipinski definition) is 2. The van der Waals surface area contributed by atoms with Crippen molar-refractivity contribution in [3.8, 4) is 0 Å². The Morgan fingerprint density at radius 1 is 1.39 bits per heavy atom. The van der Waals surface area contributed by atoms with Crippen LogP contribution in [-0.4, -0.2) is 31.7 Å². The lowest BCUT2D eigenvalue weighted by Crippen LogP contribution is -2.38. The molecule has 0 aliphatic heterocycles. The van der Waals surface area contributed by atoms with Gasteiger partial charge in [0.05, 0.1) is 17.5 Å². The zero-order valence-electron chi connectivity index (χ0n) is 11.1. The highest BCUT2D eigenvalue weighted by molar-refractivity contribution is 7.90. The van der Waals surface area contributed by atoms with Gasteiger partial charge in [-0.05, 0) is 32.5 Å². The molecule has 0 aliphatic carbocycles. The van der Waals surface area contributed by atoms with Crippen molar-refractivity contribution in [3.63, 3.8) is 0 Å². The molecule has 0 saturated carbocycles. The maximum absolute atomic E-state index is 11.9. The van der Waals surface area contributed by atoms with Gasteiger partial charge in [0.1, 0.15) is 0 Å². The molecular weight excluding hydrogens is 250 g/mol. The normalized spacial score (nSPS) is 13.5. The molecule has 18 heavy (non-hydrogen) atoms.